The summed E-state index contributed by atoms with van der Waals surface area (Å²) in [5, 5.41) is 8.03. The van der Waals surface area contributed by atoms with Gasteiger partial charge in [-0.15, -0.1) is 0 Å². The lowest BCUT2D eigenvalue weighted by Gasteiger charge is -2.11. The summed E-state index contributed by atoms with van der Waals surface area (Å²) in [4.78, 5) is 0. The van der Waals surface area contributed by atoms with Crippen molar-refractivity contribution in [2.45, 2.75) is 39.3 Å². The predicted molar refractivity (Wildman–Crippen MR) is 86.8 cm³/mol. The van der Waals surface area contributed by atoms with Crippen molar-refractivity contribution in [1.82, 2.24) is 15.1 Å². The molecule has 1 aromatic heterocycles. The molecule has 1 aromatic carbocycles. The fourth-order valence-electron chi connectivity index (χ4n) is 2.38. The number of halogens is 1. The van der Waals surface area contributed by atoms with Crippen LogP contribution in [-0.4, -0.2) is 15.8 Å². The molecule has 4 nitrogen and oxygen atoms in total. The number of nitrogens with zero attached hydrogens (tertiary/aromatic N) is 2. The van der Waals surface area contributed by atoms with Gasteiger partial charge in [-0.2, -0.15) is 5.10 Å². The molecule has 2 aromatic rings. The van der Waals surface area contributed by atoms with Crippen molar-refractivity contribution in [2.75, 3.05) is 0 Å². The number of benzene rings is 1. The highest BCUT2D eigenvalue weighted by Crippen LogP contribution is 2.31. The van der Waals surface area contributed by atoms with E-state index in [2.05, 4.69) is 32.4 Å². The van der Waals surface area contributed by atoms with Crippen LogP contribution in [0.1, 0.15) is 29.7 Å². The highest BCUT2D eigenvalue weighted by atomic mass is 79.9. The first-order chi connectivity index (χ1) is 10.0. The Kier molecular flexibility index (Phi) is 4.04. The number of nitrogens with one attached hydrogen (secondary N) is 1. The maximum Gasteiger partial charge on any atom is 0.222 e. The van der Waals surface area contributed by atoms with E-state index in [-0.39, 0.29) is 0 Å². The van der Waals surface area contributed by atoms with Crippen LogP contribution in [0.4, 0.5) is 0 Å². The maximum atomic E-state index is 6.14. The van der Waals surface area contributed by atoms with Crippen molar-refractivity contribution in [3.8, 4) is 11.6 Å². The van der Waals surface area contributed by atoms with E-state index in [9.17, 15) is 0 Å². The topological polar surface area (TPSA) is 39.1 Å². The lowest BCUT2D eigenvalue weighted by molar-refractivity contribution is 0.421. The molecule has 5 heteroatoms. The van der Waals surface area contributed by atoms with Crippen LogP contribution in [0.5, 0.6) is 11.6 Å². The molecule has 0 saturated heterocycles. The van der Waals surface area contributed by atoms with Crippen LogP contribution in [0.3, 0.4) is 0 Å². The lowest BCUT2D eigenvalue weighted by atomic mass is 10.2. The van der Waals surface area contributed by atoms with Gasteiger partial charge in [0.05, 0.1) is 11.3 Å². The second kappa shape index (κ2) is 5.81. The predicted octanol–water partition coefficient (Wildman–Crippen LogP) is 3.84. The van der Waals surface area contributed by atoms with Crippen LogP contribution in [0, 0.1) is 13.8 Å². The van der Waals surface area contributed by atoms with Crippen molar-refractivity contribution >= 4 is 15.9 Å². The van der Waals surface area contributed by atoms with E-state index in [0.29, 0.717) is 6.04 Å². The Morgan fingerprint density at radius 3 is 2.81 bits per heavy atom. The largest absolute Gasteiger partial charge is 0.439 e. The summed E-state index contributed by atoms with van der Waals surface area (Å²) in [7, 11) is 1.93. The van der Waals surface area contributed by atoms with E-state index in [1.165, 1.54) is 12.8 Å². The fraction of sp³-hybridized carbons (Fsp3) is 0.438. The van der Waals surface area contributed by atoms with E-state index < -0.39 is 0 Å². The third kappa shape index (κ3) is 3.30. The summed E-state index contributed by atoms with van der Waals surface area (Å²) in [6, 6.07) is 6.71. The molecule has 0 unspecified atom stereocenters. The molecule has 1 saturated carbocycles. The number of hydrogen-bond acceptors (Lipinski definition) is 3. The summed E-state index contributed by atoms with van der Waals surface area (Å²) in [6.07, 6.45) is 2.56. The van der Waals surface area contributed by atoms with Crippen LogP contribution in [0.2, 0.25) is 0 Å². The molecule has 1 N–H and O–H groups in total. The Morgan fingerprint density at radius 1 is 1.38 bits per heavy atom. The van der Waals surface area contributed by atoms with Crippen LogP contribution in [0.25, 0.3) is 0 Å². The van der Waals surface area contributed by atoms with Gasteiger partial charge in [-0.3, -0.25) is 0 Å². The summed E-state index contributed by atoms with van der Waals surface area (Å²) in [6.45, 7) is 4.89. The molecule has 1 aliphatic carbocycles. The highest BCUT2D eigenvalue weighted by molar-refractivity contribution is 9.10. The van der Waals surface area contributed by atoms with Gasteiger partial charge in [0, 0.05) is 24.1 Å². The molecule has 0 bridgehead atoms. The molecule has 3 rings (SSSR count). The van der Waals surface area contributed by atoms with Crippen LogP contribution < -0.4 is 10.1 Å². The Bertz CT molecular complexity index is 662. The lowest BCUT2D eigenvalue weighted by Crippen LogP contribution is -2.16. The Labute approximate surface area is 133 Å². The standard InChI is InChI=1S/C16H20BrN3O/c1-10-8-12(17)4-7-15(10)21-16-14(9-18-13-5-6-13)11(2)19-20(16)3/h4,7-8,13,18H,5-6,9H2,1-3H3. The number of aryl methyl sites for hydroxylation is 3. The molecule has 1 heterocycles. The SMILES string of the molecule is Cc1cc(Br)ccc1Oc1c(CNC2CC2)c(C)nn1C. The van der Waals surface area contributed by atoms with E-state index in [4.69, 9.17) is 4.74 Å². The Balaban J connectivity index is 1.86. The van der Waals surface area contributed by atoms with Gasteiger partial charge in [0.15, 0.2) is 0 Å². The van der Waals surface area contributed by atoms with Crippen molar-refractivity contribution in [3.63, 3.8) is 0 Å². The minimum atomic E-state index is 0.673. The second-order valence-electron chi connectivity index (χ2n) is 5.66. The molecular formula is C16H20BrN3O. The first kappa shape index (κ1) is 14.6. The second-order valence-corrected chi connectivity index (χ2v) is 6.58. The van der Waals surface area contributed by atoms with Gasteiger partial charge in [-0.25, -0.2) is 4.68 Å². The van der Waals surface area contributed by atoms with E-state index in [1.54, 1.807) is 0 Å². The molecule has 1 aliphatic rings. The number of aromatic nitrogens is 2. The average molecular weight is 350 g/mol. The zero-order valence-electron chi connectivity index (χ0n) is 12.6. The average Bonchev–Trinajstić information content (AvgIpc) is 3.19. The number of hydrogen-bond donors (Lipinski definition) is 1. The third-order valence-corrected chi connectivity index (χ3v) is 4.27. The first-order valence-electron chi connectivity index (χ1n) is 7.24. The zero-order valence-corrected chi connectivity index (χ0v) is 14.2. The first-order valence-corrected chi connectivity index (χ1v) is 8.03. The smallest absolute Gasteiger partial charge is 0.222 e. The van der Waals surface area contributed by atoms with Gasteiger partial charge in [0.2, 0.25) is 5.88 Å². The molecular weight excluding hydrogens is 330 g/mol. The highest BCUT2D eigenvalue weighted by Gasteiger charge is 2.23. The van der Waals surface area contributed by atoms with Gasteiger partial charge >= 0.3 is 0 Å². The fourth-order valence-corrected chi connectivity index (χ4v) is 2.85. The normalized spacial score (nSPS) is 14.5. The molecule has 0 amide bonds. The molecule has 0 spiro atoms. The Morgan fingerprint density at radius 2 is 2.14 bits per heavy atom. The van der Waals surface area contributed by atoms with Crippen LogP contribution in [-0.2, 0) is 13.6 Å². The minimum absolute atomic E-state index is 0.673. The third-order valence-electron chi connectivity index (χ3n) is 3.78. The quantitative estimate of drug-likeness (QED) is 0.891. The van der Waals surface area contributed by atoms with Gasteiger partial charge in [-0.1, -0.05) is 15.9 Å². The summed E-state index contributed by atoms with van der Waals surface area (Å²) >= 11 is 3.48. The summed E-state index contributed by atoms with van der Waals surface area (Å²) in [5.41, 5.74) is 3.27. The van der Waals surface area contributed by atoms with Crippen molar-refractivity contribution in [1.29, 1.82) is 0 Å². The summed E-state index contributed by atoms with van der Waals surface area (Å²) < 4.78 is 9.02. The van der Waals surface area contributed by atoms with E-state index >= 15 is 0 Å². The molecule has 0 radical (unpaired) electrons. The molecule has 0 atom stereocenters. The van der Waals surface area contributed by atoms with Gasteiger partial charge < -0.3 is 10.1 Å². The zero-order chi connectivity index (χ0) is 15.0. The number of ether oxygens (including phenoxy) is 1. The van der Waals surface area contributed by atoms with Crippen molar-refractivity contribution in [3.05, 3.63) is 39.5 Å². The van der Waals surface area contributed by atoms with Gasteiger partial charge in [0.25, 0.3) is 0 Å². The maximum absolute atomic E-state index is 6.14. The molecule has 112 valence electrons. The van der Waals surface area contributed by atoms with E-state index in [1.807, 2.05) is 37.7 Å². The van der Waals surface area contributed by atoms with Crippen molar-refractivity contribution in [2.24, 2.45) is 7.05 Å². The monoisotopic (exact) mass is 349 g/mol. The van der Waals surface area contributed by atoms with Crippen LogP contribution in [0.15, 0.2) is 22.7 Å². The van der Waals surface area contributed by atoms with Crippen molar-refractivity contribution < 1.29 is 4.74 Å². The molecule has 21 heavy (non-hydrogen) atoms. The van der Waals surface area contributed by atoms with Gasteiger partial charge in [-0.05, 0) is 50.5 Å². The van der Waals surface area contributed by atoms with E-state index in [0.717, 1.165) is 39.5 Å². The van der Waals surface area contributed by atoms with Gasteiger partial charge in [0.1, 0.15) is 5.75 Å². The minimum Gasteiger partial charge on any atom is -0.439 e. The molecule has 0 aliphatic heterocycles. The number of rotatable bonds is 5. The molecule has 1 fully saturated rings. The Hall–Kier alpha value is -1.33. The van der Waals surface area contributed by atoms with Crippen LogP contribution >= 0.6 is 15.9 Å². The summed E-state index contributed by atoms with van der Waals surface area (Å²) in [5.74, 6) is 1.69.